The van der Waals surface area contributed by atoms with Crippen molar-refractivity contribution in [1.82, 2.24) is 0 Å². The summed E-state index contributed by atoms with van der Waals surface area (Å²) in [5.74, 6) is -0.265. The van der Waals surface area contributed by atoms with Gasteiger partial charge in [-0.2, -0.15) is 0 Å². The number of hydrogen-bond acceptors (Lipinski definition) is 3. The number of unbranched alkanes of at least 4 members (excludes halogenated alkanes) is 2. The van der Waals surface area contributed by atoms with Crippen LogP contribution in [0.5, 0.6) is 0 Å². The molecule has 0 radical (unpaired) electrons. The molecule has 0 fully saturated rings. The van der Waals surface area contributed by atoms with Crippen LogP contribution in [0.2, 0.25) is 0 Å². The van der Waals surface area contributed by atoms with Gasteiger partial charge in [0.05, 0.1) is 6.61 Å². The minimum Gasteiger partial charge on any atom is -0.464 e. The van der Waals surface area contributed by atoms with Crippen LogP contribution in [-0.2, 0) is 14.3 Å². The van der Waals surface area contributed by atoms with Gasteiger partial charge in [-0.3, -0.25) is 0 Å². The molecule has 0 aromatic rings. The standard InChI is InChI=1S/C10H20O3/c1-4-6-7-8-13-9(3)10(11)12-5-2/h9H,4-8H2,1-3H3. The molecule has 1 atom stereocenters. The van der Waals surface area contributed by atoms with E-state index in [1.165, 1.54) is 0 Å². The fraction of sp³-hybridized carbons (Fsp3) is 0.900. The fourth-order valence-corrected chi connectivity index (χ4v) is 0.940. The molecule has 0 aromatic heterocycles. The van der Waals surface area contributed by atoms with Crippen molar-refractivity contribution in [2.75, 3.05) is 13.2 Å². The fourth-order valence-electron chi connectivity index (χ4n) is 0.940. The summed E-state index contributed by atoms with van der Waals surface area (Å²) in [4.78, 5) is 11.1. The predicted molar refractivity (Wildman–Crippen MR) is 51.6 cm³/mol. The van der Waals surface area contributed by atoms with E-state index in [1.807, 2.05) is 0 Å². The van der Waals surface area contributed by atoms with Gasteiger partial charge in [0.15, 0.2) is 6.10 Å². The number of ether oxygens (including phenoxy) is 2. The second kappa shape index (κ2) is 8.05. The normalized spacial score (nSPS) is 12.5. The Kier molecular flexibility index (Phi) is 7.69. The van der Waals surface area contributed by atoms with Crippen LogP contribution in [0.4, 0.5) is 0 Å². The molecule has 0 rings (SSSR count). The van der Waals surface area contributed by atoms with Gasteiger partial charge in [0.2, 0.25) is 0 Å². The summed E-state index contributed by atoms with van der Waals surface area (Å²) in [6.45, 7) is 6.72. The number of carbonyl (C=O) groups excluding carboxylic acids is 1. The van der Waals surface area contributed by atoms with Gasteiger partial charge in [-0.15, -0.1) is 0 Å². The number of esters is 1. The molecular weight excluding hydrogens is 168 g/mol. The van der Waals surface area contributed by atoms with Crippen molar-refractivity contribution in [3.8, 4) is 0 Å². The van der Waals surface area contributed by atoms with Crippen LogP contribution in [0.25, 0.3) is 0 Å². The number of hydrogen-bond donors (Lipinski definition) is 0. The van der Waals surface area contributed by atoms with E-state index in [0.717, 1.165) is 19.3 Å². The first-order valence-corrected chi connectivity index (χ1v) is 5.00. The lowest BCUT2D eigenvalue weighted by Gasteiger charge is -2.11. The van der Waals surface area contributed by atoms with Crippen LogP contribution < -0.4 is 0 Å². The van der Waals surface area contributed by atoms with Crippen molar-refractivity contribution in [3.63, 3.8) is 0 Å². The summed E-state index contributed by atoms with van der Waals surface area (Å²) in [5, 5.41) is 0. The summed E-state index contributed by atoms with van der Waals surface area (Å²) in [7, 11) is 0. The molecule has 1 unspecified atom stereocenters. The molecule has 0 spiro atoms. The Bertz CT molecular complexity index is 134. The molecule has 0 amide bonds. The van der Waals surface area contributed by atoms with Crippen LogP contribution in [0.3, 0.4) is 0 Å². The maximum Gasteiger partial charge on any atom is 0.334 e. The largest absolute Gasteiger partial charge is 0.464 e. The summed E-state index contributed by atoms with van der Waals surface area (Å²) >= 11 is 0. The quantitative estimate of drug-likeness (QED) is 0.453. The van der Waals surface area contributed by atoms with Gasteiger partial charge in [-0.25, -0.2) is 4.79 Å². The number of rotatable bonds is 7. The first-order valence-electron chi connectivity index (χ1n) is 5.00. The number of carbonyl (C=O) groups is 1. The lowest BCUT2D eigenvalue weighted by molar-refractivity contribution is -0.155. The average Bonchev–Trinajstić information content (AvgIpc) is 2.12. The van der Waals surface area contributed by atoms with Gasteiger partial charge in [-0.1, -0.05) is 19.8 Å². The lowest BCUT2D eigenvalue weighted by Crippen LogP contribution is -2.23. The zero-order valence-corrected chi connectivity index (χ0v) is 8.84. The smallest absolute Gasteiger partial charge is 0.334 e. The van der Waals surface area contributed by atoms with Crippen molar-refractivity contribution in [2.24, 2.45) is 0 Å². The Morgan fingerprint density at radius 3 is 2.54 bits per heavy atom. The van der Waals surface area contributed by atoms with Gasteiger partial charge in [0.1, 0.15) is 0 Å². The molecule has 0 heterocycles. The summed E-state index contributed by atoms with van der Waals surface area (Å²) in [5.41, 5.74) is 0. The zero-order valence-electron chi connectivity index (χ0n) is 8.84. The molecule has 0 aromatic carbocycles. The average molecular weight is 188 g/mol. The Hall–Kier alpha value is -0.570. The Balaban J connectivity index is 3.38. The third-order valence-electron chi connectivity index (χ3n) is 1.73. The highest BCUT2D eigenvalue weighted by molar-refractivity contribution is 5.74. The summed E-state index contributed by atoms with van der Waals surface area (Å²) in [6, 6.07) is 0. The zero-order chi connectivity index (χ0) is 10.1. The van der Waals surface area contributed by atoms with E-state index < -0.39 is 6.10 Å². The minimum absolute atomic E-state index is 0.265. The molecule has 3 nitrogen and oxygen atoms in total. The van der Waals surface area contributed by atoms with Crippen molar-refractivity contribution in [3.05, 3.63) is 0 Å². The van der Waals surface area contributed by atoms with Crippen molar-refractivity contribution in [1.29, 1.82) is 0 Å². The van der Waals surface area contributed by atoms with Crippen LogP contribution >= 0.6 is 0 Å². The third kappa shape index (κ3) is 6.58. The van der Waals surface area contributed by atoms with E-state index in [4.69, 9.17) is 9.47 Å². The highest BCUT2D eigenvalue weighted by Crippen LogP contribution is 1.99. The molecule has 13 heavy (non-hydrogen) atoms. The monoisotopic (exact) mass is 188 g/mol. The van der Waals surface area contributed by atoms with Gasteiger partial charge >= 0.3 is 5.97 Å². The van der Waals surface area contributed by atoms with Crippen molar-refractivity contribution in [2.45, 2.75) is 46.1 Å². The highest BCUT2D eigenvalue weighted by atomic mass is 16.6. The second-order valence-electron chi connectivity index (χ2n) is 2.97. The molecule has 0 N–H and O–H groups in total. The second-order valence-corrected chi connectivity index (χ2v) is 2.97. The molecule has 0 aliphatic heterocycles. The first kappa shape index (κ1) is 12.4. The van der Waals surface area contributed by atoms with Crippen molar-refractivity contribution < 1.29 is 14.3 Å². The van der Waals surface area contributed by atoms with Crippen LogP contribution in [0.1, 0.15) is 40.0 Å². The topological polar surface area (TPSA) is 35.5 Å². The first-order chi connectivity index (χ1) is 6.22. The molecule has 0 saturated heterocycles. The van der Waals surface area contributed by atoms with Gasteiger partial charge < -0.3 is 9.47 Å². The maximum absolute atomic E-state index is 11.1. The van der Waals surface area contributed by atoms with E-state index in [0.29, 0.717) is 13.2 Å². The summed E-state index contributed by atoms with van der Waals surface area (Å²) in [6.07, 6.45) is 2.91. The minimum atomic E-state index is -0.420. The molecule has 0 saturated carbocycles. The third-order valence-corrected chi connectivity index (χ3v) is 1.73. The van der Waals surface area contributed by atoms with Crippen LogP contribution in [0, 0.1) is 0 Å². The highest BCUT2D eigenvalue weighted by Gasteiger charge is 2.13. The molecule has 0 aliphatic carbocycles. The Labute approximate surface area is 80.4 Å². The predicted octanol–water partition coefficient (Wildman–Crippen LogP) is 2.14. The van der Waals surface area contributed by atoms with E-state index in [9.17, 15) is 4.79 Å². The van der Waals surface area contributed by atoms with E-state index in [-0.39, 0.29) is 5.97 Å². The molecular formula is C10H20O3. The van der Waals surface area contributed by atoms with Crippen LogP contribution in [-0.4, -0.2) is 25.3 Å². The van der Waals surface area contributed by atoms with Gasteiger partial charge in [-0.05, 0) is 20.3 Å². The van der Waals surface area contributed by atoms with E-state index in [2.05, 4.69) is 6.92 Å². The Morgan fingerprint density at radius 2 is 2.00 bits per heavy atom. The maximum atomic E-state index is 11.1. The van der Waals surface area contributed by atoms with Gasteiger partial charge in [0, 0.05) is 6.61 Å². The SMILES string of the molecule is CCCCCOC(C)C(=O)OCC. The molecule has 78 valence electrons. The molecule has 0 aliphatic rings. The molecule has 0 bridgehead atoms. The van der Waals surface area contributed by atoms with Crippen LogP contribution in [0.15, 0.2) is 0 Å². The van der Waals surface area contributed by atoms with Crippen molar-refractivity contribution >= 4 is 5.97 Å². The lowest BCUT2D eigenvalue weighted by atomic mass is 10.3. The van der Waals surface area contributed by atoms with E-state index in [1.54, 1.807) is 13.8 Å². The van der Waals surface area contributed by atoms with E-state index >= 15 is 0 Å². The molecule has 3 heteroatoms. The Morgan fingerprint density at radius 1 is 1.31 bits per heavy atom. The summed E-state index contributed by atoms with van der Waals surface area (Å²) < 4.78 is 10.1. The van der Waals surface area contributed by atoms with Gasteiger partial charge in [0.25, 0.3) is 0 Å².